The Bertz CT molecular complexity index is 4490. The lowest BCUT2D eigenvalue weighted by Crippen LogP contribution is -2.36. The lowest BCUT2D eigenvalue weighted by molar-refractivity contribution is 0.670. The summed E-state index contributed by atoms with van der Waals surface area (Å²) in [4.78, 5) is 5.00. The van der Waals surface area contributed by atoms with Gasteiger partial charge in [-0.1, -0.05) is 218 Å². The van der Waals surface area contributed by atoms with Crippen molar-refractivity contribution < 1.29 is 4.42 Å². The van der Waals surface area contributed by atoms with Gasteiger partial charge in [0.15, 0.2) is 0 Å². The molecule has 12 aromatic carbocycles. The number of anilines is 6. The van der Waals surface area contributed by atoms with E-state index in [1.807, 2.05) is 6.07 Å². The van der Waals surface area contributed by atoms with Crippen LogP contribution in [0.3, 0.4) is 0 Å². The summed E-state index contributed by atoms with van der Waals surface area (Å²) in [7, 11) is 0. The molecule has 0 amide bonds. The molecule has 0 saturated heterocycles. The number of para-hydroxylation sites is 5. The van der Waals surface area contributed by atoms with Gasteiger partial charge < -0.3 is 14.2 Å². The number of benzene rings is 12. The van der Waals surface area contributed by atoms with E-state index in [1.165, 1.54) is 89.3 Å². The summed E-state index contributed by atoms with van der Waals surface area (Å²) in [6.07, 6.45) is 0. The zero-order valence-corrected chi connectivity index (χ0v) is 41.9. The third-order valence-electron chi connectivity index (χ3n) is 17.5. The minimum Gasteiger partial charge on any atom is -0.455 e. The highest BCUT2D eigenvalue weighted by molar-refractivity contribution is 6.10. The number of fused-ring (bicyclic) bond motifs is 22. The molecule has 0 fully saturated rings. The molecule has 2 heterocycles. The largest absolute Gasteiger partial charge is 0.455 e. The zero-order valence-electron chi connectivity index (χ0n) is 41.9. The van der Waals surface area contributed by atoms with Gasteiger partial charge in [0.2, 0.25) is 0 Å². The molecule has 77 heavy (non-hydrogen) atoms. The van der Waals surface area contributed by atoms with Crippen molar-refractivity contribution in [1.82, 2.24) is 0 Å². The monoisotopic (exact) mass is 978 g/mol. The molecule has 3 nitrogen and oxygen atoms in total. The Morgan fingerprint density at radius 3 is 1.44 bits per heavy atom. The third kappa shape index (κ3) is 5.49. The van der Waals surface area contributed by atoms with E-state index < -0.39 is 10.8 Å². The van der Waals surface area contributed by atoms with E-state index >= 15 is 0 Å². The van der Waals surface area contributed by atoms with Gasteiger partial charge >= 0.3 is 0 Å². The van der Waals surface area contributed by atoms with Crippen LogP contribution in [0.5, 0.6) is 0 Å². The minimum absolute atomic E-state index is 0.509. The van der Waals surface area contributed by atoms with Crippen LogP contribution >= 0.6 is 0 Å². The maximum atomic E-state index is 6.63. The number of hydrogen-bond acceptors (Lipinski definition) is 3. The van der Waals surface area contributed by atoms with Crippen LogP contribution < -0.4 is 9.80 Å². The molecular weight excluding hydrogens is 933 g/mol. The molecule has 3 aliphatic carbocycles. The predicted molar refractivity (Wildman–Crippen MR) is 316 cm³/mol. The molecule has 0 radical (unpaired) electrons. The second-order valence-electron chi connectivity index (χ2n) is 21.0. The van der Waals surface area contributed by atoms with Crippen molar-refractivity contribution in [1.29, 1.82) is 0 Å². The first-order chi connectivity index (χ1) is 38.2. The molecule has 0 unspecified atom stereocenters. The summed E-state index contributed by atoms with van der Waals surface area (Å²) in [5.74, 6) is 0. The van der Waals surface area contributed by atoms with Crippen LogP contribution in [0.1, 0.15) is 44.5 Å². The first-order valence-electron chi connectivity index (χ1n) is 26.7. The van der Waals surface area contributed by atoms with Gasteiger partial charge in [0.05, 0.1) is 27.9 Å². The van der Waals surface area contributed by atoms with E-state index in [0.29, 0.717) is 0 Å². The molecule has 1 aliphatic heterocycles. The van der Waals surface area contributed by atoms with Crippen molar-refractivity contribution in [3.05, 3.63) is 324 Å². The lowest BCUT2D eigenvalue weighted by atomic mass is 9.64. The SMILES string of the molecule is c1ccc(N2c3ccccc3C3(c4ccccc4-c4c(N(c5ccc(-c6cccc7c6oc6ccccc67)cc5)c5ccc6c(c5)C5(c7ccccc7-c7ccccc75)c5ccccc5-6)cccc43)c3ccccc32)cc1. The Balaban J connectivity index is 0.934. The Labute approximate surface area is 446 Å². The fraction of sp³-hybridized carbons (Fsp3) is 0.0270. The van der Waals surface area contributed by atoms with Crippen molar-refractivity contribution in [3.63, 3.8) is 0 Å². The molecule has 2 spiro atoms. The summed E-state index contributed by atoms with van der Waals surface area (Å²) >= 11 is 0. The number of hydrogen-bond donors (Lipinski definition) is 0. The van der Waals surface area contributed by atoms with Gasteiger partial charge in [-0.15, -0.1) is 0 Å². The fourth-order valence-electron chi connectivity index (χ4n) is 14.6. The van der Waals surface area contributed by atoms with E-state index in [0.717, 1.165) is 55.8 Å². The summed E-state index contributed by atoms with van der Waals surface area (Å²) in [5, 5.41) is 2.25. The summed E-state index contributed by atoms with van der Waals surface area (Å²) < 4.78 is 6.63. The van der Waals surface area contributed by atoms with Crippen LogP contribution in [0.25, 0.3) is 66.4 Å². The molecule has 13 aromatic rings. The topological polar surface area (TPSA) is 19.6 Å². The van der Waals surface area contributed by atoms with Gasteiger partial charge in [0.1, 0.15) is 11.2 Å². The third-order valence-corrected chi connectivity index (χ3v) is 17.5. The van der Waals surface area contributed by atoms with Crippen LogP contribution in [0.4, 0.5) is 34.1 Å². The molecule has 0 saturated carbocycles. The molecule has 0 atom stereocenters. The van der Waals surface area contributed by atoms with Crippen molar-refractivity contribution in [2.45, 2.75) is 10.8 Å². The van der Waals surface area contributed by atoms with Gasteiger partial charge in [-0.2, -0.15) is 0 Å². The second-order valence-corrected chi connectivity index (χ2v) is 21.0. The molecule has 17 rings (SSSR count). The maximum Gasteiger partial charge on any atom is 0.143 e. The molecule has 3 heteroatoms. The van der Waals surface area contributed by atoms with Crippen LogP contribution in [0.2, 0.25) is 0 Å². The summed E-state index contributed by atoms with van der Waals surface area (Å²) in [6, 6.07) is 104. The van der Waals surface area contributed by atoms with E-state index in [1.54, 1.807) is 0 Å². The van der Waals surface area contributed by atoms with Crippen LogP contribution in [-0.2, 0) is 10.8 Å². The lowest BCUT2D eigenvalue weighted by Gasteiger charge is -2.45. The number of rotatable bonds is 5. The minimum atomic E-state index is -0.623. The van der Waals surface area contributed by atoms with Crippen molar-refractivity contribution in [2.75, 3.05) is 9.80 Å². The van der Waals surface area contributed by atoms with Crippen LogP contribution in [0, 0.1) is 0 Å². The average Bonchev–Trinajstić information content (AvgIpc) is 4.40. The van der Waals surface area contributed by atoms with E-state index in [-0.39, 0.29) is 0 Å². The Morgan fingerprint density at radius 1 is 0.312 bits per heavy atom. The van der Waals surface area contributed by atoms with Crippen molar-refractivity contribution in [3.8, 4) is 44.5 Å². The standard InChI is InChI=1S/C74H46N2O/c1-2-20-48(21-3-1)76-67-36-15-13-33-63(67)74(64-34-14-16-37-68(64)76)62-32-12-7-26-58(62)71-65(74)35-19-38-69(71)75(49-42-40-47(41-43-49)51-27-18-28-57-56-25-8-17-39-70(56)77-72(51)57)50-44-45-55-54-24-6-11-31-61(54)73(66(55)46-50)59-29-9-4-22-52(59)53-23-5-10-30-60(53)73/h1-46H. The highest BCUT2D eigenvalue weighted by atomic mass is 16.3. The molecule has 4 aliphatic rings. The van der Waals surface area contributed by atoms with Crippen molar-refractivity contribution >= 4 is 56.1 Å². The Hall–Kier alpha value is -9.96. The summed E-state index contributed by atoms with van der Waals surface area (Å²) in [5.41, 5.74) is 27.6. The average molecular weight is 979 g/mol. The molecule has 358 valence electrons. The Kier molecular flexibility index (Phi) is 8.69. The quantitative estimate of drug-likeness (QED) is 0.171. The second kappa shape index (κ2) is 15.8. The smallest absolute Gasteiger partial charge is 0.143 e. The molecule has 1 aromatic heterocycles. The highest BCUT2D eigenvalue weighted by Gasteiger charge is 2.54. The number of furan rings is 1. The first-order valence-corrected chi connectivity index (χ1v) is 26.7. The van der Waals surface area contributed by atoms with Crippen LogP contribution in [-0.4, -0.2) is 0 Å². The summed E-state index contributed by atoms with van der Waals surface area (Å²) in [6.45, 7) is 0. The van der Waals surface area contributed by atoms with E-state index in [9.17, 15) is 0 Å². The first kappa shape index (κ1) is 42.4. The number of nitrogens with zero attached hydrogens (tertiary/aromatic N) is 2. The van der Waals surface area contributed by atoms with Crippen LogP contribution in [0.15, 0.2) is 283 Å². The van der Waals surface area contributed by atoms with Gasteiger partial charge in [-0.25, -0.2) is 0 Å². The van der Waals surface area contributed by atoms with Gasteiger partial charge in [0.25, 0.3) is 0 Å². The fourth-order valence-corrected chi connectivity index (χ4v) is 14.6. The van der Waals surface area contributed by atoms with Crippen molar-refractivity contribution in [2.24, 2.45) is 0 Å². The van der Waals surface area contributed by atoms with E-state index in [2.05, 4.69) is 283 Å². The van der Waals surface area contributed by atoms with Gasteiger partial charge in [-0.3, -0.25) is 0 Å². The normalized spacial score (nSPS) is 14.2. The zero-order chi connectivity index (χ0) is 50.4. The molecule has 0 bridgehead atoms. The maximum absolute atomic E-state index is 6.63. The highest BCUT2D eigenvalue weighted by Crippen LogP contribution is 2.67. The van der Waals surface area contributed by atoms with E-state index in [4.69, 9.17) is 4.42 Å². The Morgan fingerprint density at radius 2 is 0.779 bits per heavy atom. The predicted octanol–water partition coefficient (Wildman–Crippen LogP) is 19.2. The van der Waals surface area contributed by atoms with Gasteiger partial charge in [0, 0.05) is 39.0 Å². The van der Waals surface area contributed by atoms with Gasteiger partial charge in [-0.05, 0) is 139 Å². The molecule has 0 N–H and O–H groups in total. The molecular formula is C74H46N2O.